The van der Waals surface area contributed by atoms with E-state index >= 15 is 0 Å². The van der Waals surface area contributed by atoms with Crippen molar-refractivity contribution in [1.29, 1.82) is 0 Å². The summed E-state index contributed by atoms with van der Waals surface area (Å²) in [5.74, 6) is -2.22. The summed E-state index contributed by atoms with van der Waals surface area (Å²) in [7, 11) is 0. The number of carbonyl (C=O) groups excluding carboxylic acids is 1. The van der Waals surface area contributed by atoms with Crippen LogP contribution in [0.2, 0.25) is 0 Å². The van der Waals surface area contributed by atoms with Crippen molar-refractivity contribution in [3.63, 3.8) is 0 Å². The fourth-order valence-corrected chi connectivity index (χ4v) is 1.61. The van der Waals surface area contributed by atoms with E-state index < -0.39 is 17.0 Å². The van der Waals surface area contributed by atoms with E-state index in [1.165, 1.54) is 6.07 Å². The van der Waals surface area contributed by atoms with E-state index in [1.807, 2.05) is 0 Å². The van der Waals surface area contributed by atoms with Crippen molar-refractivity contribution in [2.24, 2.45) is 5.41 Å². The second kappa shape index (κ2) is 4.00. The first-order chi connectivity index (χ1) is 6.75. The molecule has 1 aromatic carbocycles. The number of Topliss-reactive ketones (excluding diaryl/α,β-unsaturated/α-hetero) is 1. The fraction of sp³-hybridized carbons (Fsp3) is 0.364. The van der Waals surface area contributed by atoms with Crippen LogP contribution in [0.15, 0.2) is 16.6 Å². The third-order valence-corrected chi connectivity index (χ3v) is 2.74. The van der Waals surface area contributed by atoms with Crippen molar-refractivity contribution in [2.75, 3.05) is 0 Å². The topological polar surface area (TPSA) is 17.1 Å². The largest absolute Gasteiger partial charge is 0.294 e. The second-order valence-electron chi connectivity index (χ2n) is 4.30. The normalized spacial score (nSPS) is 11.6. The van der Waals surface area contributed by atoms with Crippen LogP contribution in [0.4, 0.5) is 8.78 Å². The Balaban J connectivity index is 3.29. The number of ketones is 1. The number of halogens is 3. The van der Waals surface area contributed by atoms with E-state index in [9.17, 15) is 13.6 Å². The van der Waals surface area contributed by atoms with E-state index in [-0.39, 0.29) is 15.8 Å². The Hall–Kier alpha value is -0.770. The molecule has 4 heteroatoms. The van der Waals surface area contributed by atoms with Gasteiger partial charge in [0.1, 0.15) is 0 Å². The molecule has 0 amide bonds. The lowest BCUT2D eigenvalue weighted by molar-refractivity contribution is 0.0857. The van der Waals surface area contributed by atoms with Gasteiger partial charge >= 0.3 is 0 Å². The van der Waals surface area contributed by atoms with Gasteiger partial charge in [0.05, 0.1) is 4.47 Å². The van der Waals surface area contributed by atoms with Crippen molar-refractivity contribution in [1.82, 2.24) is 0 Å². The summed E-state index contributed by atoms with van der Waals surface area (Å²) in [4.78, 5) is 11.8. The molecule has 0 aromatic heterocycles. The van der Waals surface area contributed by atoms with Gasteiger partial charge in [0.15, 0.2) is 17.4 Å². The second-order valence-corrected chi connectivity index (χ2v) is 5.10. The standard InChI is InChI=1S/C11H11BrF2O/c1-11(2,3)10(15)6-4-5-7(13)9(14)8(6)12/h4-5H,1-3H3. The molecule has 0 spiro atoms. The van der Waals surface area contributed by atoms with Crippen LogP contribution in [0.3, 0.4) is 0 Å². The molecule has 0 atom stereocenters. The number of carbonyl (C=O) groups is 1. The van der Waals surface area contributed by atoms with Gasteiger partial charge < -0.3 is 0 Å². The zero-order chi connectivity index (χ0) is 11.8. The summed E-state index contributed by atoms with van der Waals surface area (Å²) in [6, 6.07) is 2.25. The lowest BCUT2D eigenvalue weighted by atomic mass is 9.86. The Morgan fingerprint density at radius 2 is 1.80 bits per heavy atom. The molecule has 0 saturated carbocycles. The zero-order valence-electron chi connectivity index (χ0n) is 8.70. The summed E-state index contributed by atoms with van der Waals surface area (Å²) in [5.41, 5.74) is -0.450. The summed E-state index contributed by atoms with van der Waals surface area (Å²) in [6.07, 6.45) is 0. The molecule has 1 nitrogen and oxygen atoms in total. The molecule has 0 fully saturated rings. The van der Waals surface area contributed by atoms with Gasteiger partial charge in [-0.15, -0.1) is 0 Å². The Labute approximate surface area is 95.6 Å². The van der Waals surface area contributed by atoms with Gasteiger partial charge in [-0.2, -0.15) is 0 Å². The summed E-state index contributed by atoms with van der Waals surface area (Å²) in [5, 5.41) is 0. The zero-order valence-corrected chi connectivity index (χ0v) is 10.3. The molecule has 0 aliphatic heterocycles. The quantitative estimate of drug-likeness (QED) is 0.561. The van der Waals surface area contributed by atoms with Crippen LogP contribution in [0.25, 0.3) is 0 Å². The molecule has 0 aliphatic rings. The predicted octanol–water partition coefficient (Wildman–Crippen LogP) is 3.96. The van der Waals surface area contributed by atoms with Crippen molar-refractivity contribution >= 4 is 21.7 Å². The maximum absolute atomic E-state index is 13.2. The first-order valence-electron chi connectivity index (χ1n) is 4.43. The third-order valence-electron chi connectivity index (χ3n) is 1.96. The number of hydrogen-bond acceptors (Lipinski definition) is 1. The van der Waals surface area contributed by atoms with Gasteiger partial charge in [-0.3, -0.25) is 4.79 Å². The minimum atomic E-state index is -1.02. The summed E-state index contributed by atoms with van der Waals surface area (Å²) in [6.45, 7) is 5.18. The van der Waals surface area contributed by atoms with Crippen molar-refractivity contribution < 1.29 is 13.6 Å². The monoisotopic (exact) mass is 276 g/mol. The highest BCUT2D eigenvalue weighted by Gasteiger charge is 2.26. The lowest BCUT2D eigenvalue weighted by Gasteiger charge is -2.17. The van der Waals surface area contributed by atoms with E-state index in [2.05, 4.69) is 15.9 Å². The maximum atomic E-state index is 13.2. The molecule has 0 aliphatic carbocycles. The van der Waals surface area contributed by atoms with Gasteiger partial charge in [-0.1, -0.05) is 20.8 Å². The molecule has 82 valence electrons. The van der Waals surface area contributed by atoms with Crippen molar-refractivity contribution in [3.8, 4) is 0 Å². The number of rotatable bonds is 1. The van der Waals surface area contributed by atoms with Crippen molar-refractivity contribution in [2.45, 2.75) is 20.8 Å². The third kappa shape index (κ3) is 2.43. The van der Waals surface area contributed by atoms with Crippen LogP contribution >= 0.6 is 15.9 Å². The van der Waals surface area contributed by atoms with Crippen molar-refractivity contribution in [3.05, 3.63) is 33.8 Å². The van der Waals surface area contributed by atoms with Gasteiger partial charge in [-0.05, 0) is 28.1 Å². The fourth-order valence-electron chi connectivity index (χ4n) is 1.11. The molecule has 15 heavy (non-hydrogen) atoms. The molecular formula is C11H11BrF2O. The molecule has 0 saturated heterocycles. The predicted molar refractivity (Wildman–Crippen MR) is 57.8 cm³/mol. The molecule has 0 heterocycles. The van der Waals surface area contributed by atoms with Gasteiger partial charge in [0, 0.05) is 11.0 Å². The highest BCUT2D eigenvalue weighted by Crippen LogP contribution is 2.29. The maximum Gasteiger partial charge on any atom is 0.173 e. The van der Waals surface area contributed by atoms with E-state index in [1.54, 1.807) is 20.8 Å². The summed E-state index contributed by atoms with van der Waals surface area (Å²) < 4.78 is 25.9. The molecule has 0 unspecified atom stereocenters. The molecule has 0 radical (unpaired) electrons. The molecule has 0 N–H and O–H groups in total. The van der Waals surface area contributed by atoms with Crippen LogP contribution in [0, 0.1) is 17.0 Å². The number of hydrogen-bond donors (Lipinski definition) is 0. The minimum Gasteiger partial charge on any atom is -0.294 e. The average molecular weight is 277 g/mol. The Kier molecular flexibility index (Phi) is 3.28. The highest BCUT2D eigenvalue weighted by atomic mass is 79.9. The smallest absolute Gasteiger partial charge is 0.173 e. The van der Waals surface area contributed by atoms with Gasteiger partial charge in [0.25, 0.3) is 0 Å². The van der Waals surface area contributed by atoms with E-state index in [4.69, 9.17) is 0 Å². The first-order valence-corrected chi connectivity index (χ1v) is 5.22. The van der Waals surface area contributed by atoms with Crippen LogP contribution in [0.1, 0.15) is 31.1 Å². The van der Waals surface area contributed by atoms with Crippen LogP contribution in [-0.4, -0.2) is 5.78 Å². The molecule has 1 rings (SSSR count). The highest BCUT2D eigenvalue weighted by molar-refractivity contribution is 9.10. The van der Waals surface area contributed by atoms with Gasteiger partial charge in [-0.25, -0.2) is 8.78 Å². The Morgan fingerprint density at radius 3 is 2.27 bits per heavy atom. The Morgan fingerprint density at radius 1 is 1.27 bits per heavy atom. The van der Waals surface area contributed by atoms with Crippen LogP contribution in [0.5, 0.6) is 0 Å². The molecular weight excluding hydrogens is 266 g/mol. The van der Waals surface area contributed by atoms with Gasteiger partial charge in [0.2, 0.25) is 0 Å². The lowest BCUT2D eigenvalue weighted by Crippen LogP contribution is -2.21. The van der Waals surface area contributed by atoms with Crippen LogP contribution < -0.4 is 0 Å². The molecule has 0 bridgehead atoms. The Bertz CT molecular complexity index is 408. The summed E-state index contributed by atoms with van der Waals surface area (Å²) >= 11 is 2.89. The van der Waals surface area contributed by atoms with E-state index in [0.717, 1.165) is 6.07 Å². The molecule has 1 aromatic rings. The average Bonchev–Trinajstić information content (AvgIpc) is 2.12. The van der Waals surface area contributed by atoms with Crippen LogP contribution in [-0.2, 0) is 0 Å². The number of benzene rings is 1. The SMILES string of the molecule is CC(C)(C)C(=O)c1ccc(F)c(F)c1Br. The first kappa shape index (κ1) is 12.3. The van der Waals surface area contributed by atoms with E-state index in [0.29, 0.717) is 0 Å². The minimum absolute atomic E-state index is 0.109.